The van der Waals surface area contributed by atoms with Crippen molar-refractivity contribution in [1.29, 1.82) is 0 Å². The lowest BCUT2D eigenvalue weighted by molar-refractivity contribution is -0.117. The highest BCUT2D eigenvalue weighted by molar-refractivity contribution is 5.97. The number of para-hydroxylation sites is 1. The lowest BCUT2D eigenvalue weighted by Gasteiger charge is -2.15. The molecule has 3 aromatic rings. The normalized spacial score (nSPS) is 12.9. The number of carbonyl (C=O) groups is 2. The van der Waals surface area contributed by atoms with Crippen LogP contribution in [-0.4, -0.2) is 23.3 Å². The molecule has 0 radical (unpaired) electrons. The monoisotopic (exact) mass is 345 g/mol. The molecule has 0 aliphatic carbocycles. The minimum Gasteiger partial charge on any atom is -0.326 e. The van der Waals surface area contributed by atoms with Crippen LogP contribution in [0.3, 0.4) is 0 Å². The maximum Gasteiger partial charge on any atom is 0.228 e. The van der Waals surface area contributed by atoms with Crippen LogP contribution in [-0.2, 0) is 22.4 Å². The van der Waals surface area contributed by atoms with Crippen molar-refractivity contribution in [2.75, 3.05) is 16.8 Å². The largest absolute Gasteiger partial charge is 0.326 e. The first-order valence-corrected chi connectivity index (χ1v) is 8.65. The fourth-order valence-corrected chi connectivity index (χ4v) is 3.49. The van der Waals surface area contributed by atoms with Gasteiger partial charge in [-0.3, -0.25) is 14.6 Å². The van der Waals surface area contributed by atoms with Crippen molar-refractivity contribution in [2.45, 2.75) is 19.8 Å². The summed E-state index contributed by atoms with van der Waals surface area (Å²) >= 11 is 0. The number of hydrogen-bond acceptors (Lipinski definition) is 3. The number of pyridine rings is 1. The van der Waals surface area contributed by atoms with Gasteiger partial charge >= 0.3 is 0 Å². The van der Waals surface area contributed by atoms with Gasteiger partial charge in [-0.05, 0) is 41.8 Å². The number of nitrogens with zero attached hydrogens (tertiary/aromatic N) is 2. The summed E-state index contributed by atoms with van der Waals surface area (Å²) in [6.07, 6.45) is 2.82. The Morgan fingerprint density at radius 1 is 1.15 bits per heavy atom. The maximum atomic E-state index is 12.5. The van der Waals surface area contributed by atoms with Crippen molar-refractivity contribution < 1.29 is 9.59 Å². The second kappa shape index (κ2) is 6.59. The van der Waals surface area contributed by atoms with E-state index in [1.165, 1.54) is 0 Å². The quantitative estimate of drug-likeness (QED) is 0.792. The van der Waals surface area contributed by atoms with Gasteiger partial charge in [0.1, 0.15) is 0 Å². The predicted molar refractivity (Wildman–Crippen MR) is 102 cm³/mol. The molecule has 5 heteroatoms. The van der Waals surface area contributed by atoms with Crippen LogP contribution in [0.25, 0.3) is 10.9 Å². The molecule has 0 spiro atoms. The molecule has 2 amide bonds. The van der Waals surface area contributed by atoms with Crippen molar-refractivity contribution in [2.24, 2.45) is 0 Å². The van der Waals surface area contributed by atoms with Gasteiger partial charge in [0.25, 0.3) is 0 Å². The highest BCUT2D eigenvalue weighted by atomic mass is 16.2. The Bertz CT molecular complexity index is 1010. The van der Waals surface area contributed by atoms with Crippen LogP contribution in [0, 0.1) is 0 Å². The van der Waals surface area contributed by atoms with E-state index in [-0.39, 0.29) is 18.2 Å². The number of benzene rings is 2. The zero-order valence-electron chi connectivity index (χ0n) is 14.5. The molecule has 5 nitrogen and oxygen atoms in total. The van der Waals surface area contributed by atoms with E-state index < -0.39 is 0 Å². The molecule has 0 unspecified atom stereocenters. The maximum absolute atomic E-state index is 12.5. The highest BCUT2D eigenvalue weighted by Crippen LogP contribution is 2.30. The summed E-state index contributed by atoms with van der Waals surface area (Å²) in [5.41, 5.74) is 4.55. The fraction of sp³-hybridized carbons (Fsp3) is 0.190. The van der Waals surface area contributed by atoms with Crippen molar-refractivity contribution in [3.63, 3.8) is 0 Å². The Labute approximate surface area is 151 Å². The van der Waals surface area contributed by atoms with Crippen molar-refractivity contribution >= 4 is 34.1 Å². The summed E-state index contributed by atoms with van der Waals surface area (Å²) in [5.74, 6) is -0.0338. The van der Waals surface area contributed by atoms with Gasteiger partial charge < -0.3 is 10.2 Å². The van der Waals surface area contributed by atoms with E-state index in [1.807, 2.05) is 48.5 Å². The van der Waals surface area contributed by atoms with Crippen LogP contribution < -0.4 is 10.2 Å². The summed E-state index contributed by atoms with van der Waals surface area (Å²) in [6.45, 7) is 2.27. The fourth-order valence-electron chi connectivity index (χ4n) is 3.49. The summed E-state index contributed by atoms with van der Waals surface area (Å²) < 4.78 is 0. The van der Waals surface area contributed by atoms with E-state index >= 15 is 0 Å². The zero-order valence-corrected chi connectivity index (χ0v) is 14.5. The standard InChI is InChI=1S/C21H19N3O2/c1-14(25)24-11-9-16-12-18(7-8-19(16)24)23-20(26)13-17-5-2-4-15-6-3-10-22-21(15)17/h2-8,10,12H,9,11,13H2,1H3,(H,23,26). The number of amides is 2. The van der Waals surface area contributed by atoms with Crippen molar-refractivity contribution in [3.05, 3.63) is 65.9 Å². The third kappa shape index (κ3) is 3.04. The van der Waals surface area contributed by atoms with Crippen LogP contribution in [0.1, 0.15) is 18.1 Å². The smallest absolute Gasteiger partial charge is 0.228 e. The van der Waals surface area contributed by atoms with E-state index in [4.69, 9.17) is 0 Å². The van der Waals surface area contributed by atoms with Crippen LogP contribution in [0.2, 0.25) is 0 Å². The second-order valence-electron chi connectivity index (χ2n) is 6.48. The van der Waals surface area contributed by atoms with Crippen LogP contribution >= 0.6 is 0 Å². The van der Waals surface area contributed by atoms with Crippen LogP contribution in [0.15, 0.2) is 54.7 Å². The summed E-state index contributed by atoms with van der Waals surface area (Å²) in [5, 5.41) is 3.99. The molecule has 0 saturated heterocycles. The average Bonchev–Trinajstić information content (AvgIpc) is 3.05. The topological polar surface area (TPSA) is 62.3 Å². The van der Waals surface area contributed by atoms with Crippen molar-refractivity contribution in [1.82, 2.24) is 4.98 Å². The third-order valence-corrected chi connectivity index (χ3v) is 4.71. The van der Waals surface area contributed by atoms with E-state index in [1.54, 1.807) is 18.0 Å². The van der Waals surface area contributed by atoms with Gasteiger partial charge in [0.2, 0.25) is 11.8 Å². The molecule has 1 aliphatic heterocycles. The minimum atomic E-state index is -0.0791. The van der Waals surface area contributed by atoms with E-state index in [2.05, 4.69) is 10.3 Å². The average molecular weight is 345 g/mol. The second-order valence-corrected chi connectivity index (χ2v) is 6.48. The molecular formula is C21H19N3O2. The third-order valence-electron chi connectivity index (χ3n) is 4.71. The molecule has 2 aromatic carbocycles. The number of hydrogen-bond donors (Lipinski definition) is 1. The van der Waals surface area contributed by atoms with Gasteiger partial charge in [-0.15, -0.1) is 0 Å². The predicted octanol–water partition coefficient (Wildman–Crippen LogP) is 3.33. The summed E-state index contributed by atoms with van der Waals surface area (Å²) in [7, 11) is 0. The molecule has 1 aliphatic rings. The lowest BCUT2D eigenvalue weighted by atomic mass is 10.1. The zero-order chi connectivity index (χ0) is 18.1. The molecule has 1 N–H and O–H groups in total. The Balaban J connectivity index is 1.51. The summed E-state index contributed by atoms with van der Waals surface area (Å²) in [6, 6.07) is 15.5. The number of anilines is 2. The Kier molecular flexibility index (Phi) is 4.13. The van der Waals surface area contributed by atoms with Crippen molar-refractivity contribution in [3.8, 4) is 0 Å². The van der Waals surface area contributed by atoms with Gasteiger partial charge in [-0.25, -0.2) is 0 Å². The number of aromatic nitrogens is 1. The molecule has 130 valence electrons. The first kappa shape index (κ1) is 16.3. The SMILES string of the molecule is CC(=O)N1CCc2cc(NC(=O)Cc3cccc4cccnc34)ccc21. The van der Waals surface area contributed by atoms with E-state index in [0.29, 0.717) is 6.54 Å². The molecule has 2 heterocycles. The van der Waals surface area contributed by atoms with Gasteiger partial charge in [0, 0.05) is 36.4 Å². The minimum absolute atomic E-state index is 0.0454. The van der Waals surface area contributed by atoms with Crippen LogP contribution in [0.4, 0.5) is 11.4 Å². The first-order chi connectivity index (χ1) is 12.6. The lowest BCUT2D eigenvalue weighted by Crippen LogP contribution is -2.25. The van der Waals surface area contributed by atoms with Crippen LogP contribution in [0.5, 0.6) is 0 Å². The molecule has 0 fully saturated rings. The van der Waals surface area contributed by atoms with Gasteiger partial charge in [-0.2, -0.15) is 0 Å². The number of carbonyl (C=O) groups excluding carboxylic acids is 2. The van der Waals surface area contributed by atoms with Gasteiger partial charge in [-0.1, -0.05) is 24.3 Å². The number of fused-ring (bicyclic) bond motifs is 2. The number of nitrogens with one attached hydrogen (secondary N) is 1. The molecule has 1 aromatic heterocycles. The molecule has 26 heavy (non-hydrogen) atoms. The van der Waals surface area contributed by atoms with Gasteiger partial charge in [0.15, 0.2) is 0 Å². The number of rotatable bonds is 3. The molecule has 0 bridgehead atoms. The molecule has 0 saturated carbocycles. The molecule has 4 rings (SSSR count). The van der Waals surface area contributed by atoms with E-state index in [0.717, 1.165) is 39.8 Å². The Morgan fingerprint density at radius 2 is 2.00 bits per heavy atom. The molecule has 0 atom stereocenters. The van der Waals surface area contributed by atoms with Gasteiger partial charge in [0.05, 0.1) is 11.9 Å². The Morgan fingerprint density at radius 3 is 2.85 bits per heavy atom. The Hall–Kier alpha value is -3.21. The highest BCUT2D eigenvalue weighted by Gasteiger charge is 2.22. The molecular weight excluding hydrogens is 326 g/mol. The first-order valence-electron chi connectivity index (χ1n) is 8.65. The van der Waals surface area contributed by atoms with E-state index in [9.17, 15) is 9.59 Å². The summed E-state index contributed by atoms with van der Waals surface area (Å²) in [4.78, 5) is 30.3.